The lowest BCUT2D eigenvalue weighted by Gasteiger charge is -2.24. The van der Waals surface area contributed by atoms with Crippen LogP contribution in [0.25, 0.3) is 0 Å². The zero-order valence-electron chi connectivity index (χ0n) is 10.8. The molecule has 104 valence electrons. The molecular weight excluding hydrogens is 264 g/mol. The van der Waals surface area contributed by atoms with E-state index in [0.717, 1.165) is 25.7 Å². The minimum Gasteiger partial charge on any atom is -0.396 e. The second-order valence-corrected chi connectivity index (χ2v) is 5.42. The molecule has 0 saturated heterocycles. The summed E-state index contributed by atoms with van der Waals surface area (Å²) >= 11 is 5.97. The first-order valence-corrected chi connectivity index (χ1v) is 7.11. The number of nitrogens with one attached hydrogen (secondary N) is 1. The van der Waals surface area contributed by atoms with Crippen molar-refractivity contribution in [3.63, 3.8) is 0 Å². The van der Waals surface area contributed by atoms with Gasteiger partial charge in [-0.3, -0.25) is 9.78 Å². The molecule has 1 heterocycles. The number of hydrogen-bond donors (Lipinski definition) is 2. The fourth-order valence-electron chi connectivity index (χ4n) is 2.60. The van der Waals surface area contributed by atoms with Crippen molar-refractivity contribution in [1.29, 1.82) is 0 Å². The average Bonchev–Trinajstić information content (AvgIpc) is 2.64. The number of carbonyl (C=O) groups is 1. The number of hydrogen-bond acceptors (Lipinski definition) is 3. The van der Waals surface area contributed by atoms with Gasteiger partial charge in [-0.15, -0.1) is 0 Å². The minimum absolute atomic E-state index is 0.0317. The third kappa shape index (κ3) is 3.67. The van der Waals surface area contributed by atoms with Crippen LogP contribution in [-0.2, 0) is 0 Å². The molecular formula is C14H19ClN2O2. The summed E-state index contributed by atoms with van der Waals surface area (Å²) in [7, 11) is 0. The quantitative estimate of drug-likeness (QED) is 0.837. The monoisotopic (exact) mass is 282 g/mol. The van der Waals surface area contributed by atoms with Gasteiger partial charge in [0.25, 0.3) is 5.91 Å². The van der Waals surface area contributed by atoms with Gasteiger partial charge in [0, 0.05) is 31.0 Å². The van der Waals surface area contributed by atoms with Gasteiger partial charge >= 0.3 is 0 Å². The lowest BCUT2D eigenvalue weighted by molar-refractivity contribution is 0.0899. The molecule has 0 radical (unpaired) electrons. The topological polar surface area (TPSA) is 62.2 Å². The predicted octanol–water partition coefficient (Wildman–Crippen LogP) is 2.41. The second-order valence-electron chi connectivity index (χ2n) is 5.02. The maximum Gasteiger partial charge on any atom is 0.253 e. The number of rotatable bonds is 3. The van der Waals surface area contributed by atoms with E-state index < -0.39 is 0 Å². The van der Waals surface area contributed by atoms with E-state index in [2.05, 4.69) is 10.3 Å². The average molecular weight is 283 g/mol. The van der Waals surface area contributed by atoms with Crippen molar-refractivity contribution in [3.8, 4) is 0 Å². The summed E-state index contributed by atoms with van der Waals surface area (Å²) in [6, 6.07) is 1.65. The number of pyridine rings is 1. The summed E-state index contributed by atoms with van der Waals surface area (Å²) in [5.41, 5.74) is 0.442. The van der Waals surface area contributed by atoms with Gasteiger partial charge in [0.1, 0.15) is 0 Å². The highest BCUT2D eigenvalue weighted by molar-refractivity contribution is 6.33. The van der Waals surface area contributed by atoms with Gasteiger partial charge in [-0.2, -0.15) is 0 Å². The second kappa shape index (κ2) is 6.87. The maximum absolute atomic E-state index is 12.2. The molecule has 4 nitrogen and oxygen atoms in total. The molecule has 1 aliphatic carbocycles. The molecule has 2 rings (SSSR count). The lowest BCUT2D eigenvalue weighted by atomic mass is 9.95. The van der Waals surface area contributed by atoms with Gasteiger partial charge in [-0.25, -0.2) is 0 Å². The van der Waals surface area contributed by atoms with Gasteiger partial charge < -0.3 is 10.4 Å². The van der Waals surface area contributed by atoms with Crippen LogP contribution in [-0.4, -0.2) is 28.6 Å². The Kier molecular flexibility index (Phi) is 5.16. The molecule has 1 amide bonds. The molecule has 1 aromatic heterocycles. The van der Waals surface area contributed by atoms with Crippen molar-refractivity contribution in [2.75, 3.05) is 6.61 Å². The first kappa shape index (κ1) is 14.3. The Labute approximate surface area is 118 Å². The maximum atomic E-state index is 12.2. The lowest BCUT2D eigenvalue weighted by Crippen LogP contribution is -2.41. The summed E-state index contributed by atoms with van der Waals surface area (Å²) in [4.78, 5) is 16.1. The summed E-state index contributed by atoms with van der Waals surface area (Å²) in [6.45, 7) is 0.120. The van der Waals surface area contributed by atoms with Crippen LogP contribution in [0.15, 0.2) is 18.5 Å². The first-order valence-electron chi connectivity index (χ1n) is 6.73. The highest BCUT2D eigenvalue weighted by Crippen LogP contribution is 2.24. The highest BCUT2D eigenvalue weighted by Gasteiger charge is 2.25. The fraction of sp³-hybridized carbons (Fsp3) is 0.571. The molecule has 0 bridgehead atoms. The van der Waals surface area contributed by atoms with Crippen LogP contribution in [0.1, 0.15) is 42.5 Å². The molecule has 1 aromatic rings. The van der Waals surface area contributed by atoms with Crippen LogP contribution in [0.5, 0.6) is 0 Å². The molecule has 1 fully saturated rings. The number of aliphatic hydroxyl groups excluding tert-OH is 1. The number of amides is 1. The number of nitrogens with zero attached hydrogens (tertiary/aromatic N) is 1. The van der Waals surface area contributed by atoms with Crippen LogP contribution >= 0.6 is 11.6 Å². The number of halogens is 1. The van der Waals surface area contributed by atoms with Crippen molar-refractivity contribution in [1.82, 2.24) is 10.3 Å². The number of aliphatic hydroxyl groups is 1. The van der Waals surface area contributed by atoms with Gasteiger partial charge in [-0.1, -0.05) is 30.9 Å². The van der Waals surface area contributed by atoms with E-state index in [4.69, 9.17) is 11.6 Å². The number of aromatic nitrogens is 1. The van der Waals surface area contributed by atoms with Crippen molar-refractivity contribution in [3.05, 3.63) is 29.0 Å². The van der Waals surface area contributed by atoms with Crippen LogP contribution in [0, 0.1) is 5.92 Å². The Morgan fingerprint density at radius 1 is 1.42 bits per heavy atom. The van der Waals surface area contributed by atoms with Gasteiger partial charge in [0.2, 0.25) is 0 Å². The SMILES string of the molecule is O=C(NC1CCCCCC1CO)c1ccncc1Cl. The largest absolute Gasteiger partial charge is 0.396 e. The van der Waals surface area contributed by atoms with E-state index in [0.29, 0.717) is 10.6 Å². The Morgan fingerprint density at radius 3 is 2.95 bits per heavy atom. The Hall–Kier alpha value is -1.13. The molecule has 0 aliphatic heterocycles. The smallest absolute Gasteiger partial charge is 0.253 e. The van der Waals surface area contributed by atoms with Gasteiger partial charge in [0.15, 0.2) is 0 Å². The molecule has 1 aliphatic rings. The molecule has 0 aromatic carbocycles. The highest BCUT2D eigenvalue weighted by atomic mass is 35.5. The van der Waals surface area contributed by atoms with E-state index in [-0.39, 0.29) is 24.5 Å². The molecule has 2 N–H and O–H groups in total. The van der Waals surface area contributed by atoms with Crippen LogP contribution < -0.4 is 5.32 Å². The standard InChI is InChI=1S/C14H19ClN2O2/c15-12-8-16-7-6-11(12)14(19)17-13-5-3-1-2-4-10(13)9-18/h6-8,10,13,18H,1-5,9H2,(H,17,19). The number of carbonyl (C=O) groups excluding carboxylic acids is 1. The zero-order chi connectivity index (χ0) is 13.7. The normalized spacial score (nSPS) is 23.7. The zero-order valence-corrected chi connectivity index (χ0v) is 11.6. The van der Waals surface area contributed by atoms with Crippen molar-refractivity contribution < 1.29 is 9.90 Å². The van der Waals surface area contributed by atoms with E-state index in [1.165, 1.54) is 12.6 Å². The molecule has 2 atom stereocenters. The van der Waals surface area contributed by atoms with Crippen molar-refractivity contribution in [2.45, 2.75) is 38.1 Å². The van der Waals surface area contributed by atoms with Crippen LogP contribution in [0.3, 0.4) is 0 Å². The Morgan fingerprint density at radius 2 is 2.21 bits per heavy atom. The van der Waals surface area contributed by atoms with E-state index in [1.807, 2.05) is 0 Å². The van der Waals surface area contributed by atoms with Crippen molar-refractivity contribution in [2.24, 2.45) is 5.92 Å². The third-order valence-corrected chi connectivity index (χ3v) is 4.03. The minimum atomic E-state index is -0.183. The third-order valence-electron chi connectivity index (χ3n) is 3.73. The van der Waals surface area contributed by atoms with Gasteiger partial charge in [0.05, 0.1) is 10.6 Å². The molecule has 1 saturated carbocycles. The van der Waals surface area contributed by atoms with E-state index >= 15 is 0 Å². The Bertz CT molecular complexity index is 439. The molecule has 5 heteroatoms. The summed E-state index contributed by atoms with van der Waals surface area (Å²) in [5, 5.41) is 12.8. The summed E-state index contributed by atoms with van der Waals surface area (Å²) in [6.07, 6.45) is 8.27. The Balaban J connectivity index is 2.06. The van der Waals surface area contributed by atoms with Crippen molar-refractivity contribution >= 4 is 17.5 Å². The summed E-state index contributed by atoms with van der Waals surface area (Å²) in [5.74, 6) is -0.0372. The molecule has 19 heavy (non-hydrogen) atoms. The van der Waals surface area contributed by atoms with E-state index in [1.54, 1.807) is 12.3 Å². The van der Waals surface area contributed by atoms with Crippen LogP contribution in [0.4, 0.5) is 0 Å². The predicted molar refractivity (Wildman–Crippen MR) is 74.2 cm³/mol. The first-order chi connectivity index (χ1) is 9.22. The van der Waals surface area contributed by atoms with E-state index in [9.17, 15) is 9.90 Å². The molecule has 0 spiro atoms. The summed E-state index contributed by atoms with van der Waals surface area (Å²) < 4.78 is 0. The van der Waals surface area contributed by atoms with Gasteiger partial charge in [-0.05, 0) is 18.9 Å². The fourth-order valence-corrected chi connectivity index (χ4v) is 2.80. The molecule has 2 unspecified atom stereocenters. The van der Waals surface area contributed by atoms with Crippen LogP contribution in [0.2, 0.25) is 5.02 Å².